The predicted octanol–water partition coefficient (Wildman–Crippen LogP) is 2.70. The van der Waals surface area contributed by atoms with E-state index >= 15 is 0 Å². The lowest BCUT2D eigenvalue weighted by Gasteiger charge is -2.20. The molecule has 4 nitrogen and oxygen atoms in total. The first kappa shape index (κ1) is 15.9. The maximum atomic E-state index is 12.5. The van der Waals surface area contributed by atoms with Crippen molar-refractivity contribution < 1.29 is 13.2 Å². The van der Waals surface area contributed by atoms with Crippen LogP contribution < -0.4 is 0 Å². The van der Waals surface area contributed by atoms with E-state index in [9.17, 15) is 13.2 Å². The number of Topliss-reactive ketones (excluding diaryl/α,β-unsaturated/α-hetero) is 1. The molecule has 0 amide bonds. The summed E-state index contributed by atoms with van der Waals surface area (Å²) in [6.45, 7) is 6.23. The average Bonchev–Trinajstić information content (AvgIpc) is 2.39. The highest BCUT2D eigenvalue weighted by atomic mass is 32.2. The van der Waals surface area contributed by atoms with Gasteiger partial charge in [-0.15, -0.1) is 0 Å². The van der Waals surface area contributed by atoms with Crippen LogP contribution in [0.15, 0.2) is 29.2 Å². The lowest BCUT2D eigenvalue weighted by atomic mass is 10.2. The zero-order chi connectivity index (χ0) is 14.5. The van der Waals surface area contributed by atoms with E-state index in [1.54, 1.807) is 12.1 Å². The van der Waals surface area contributed by atoms with Crippen molar-refractivity contribution >= 4 is 15.8 Å². The lowest BCUT2D eigenvalue weighted by Crippen LogP contribution is -2.31. The second-order valence-electron chi connectivity index (χ2n) is 4.43. The van der Waals surface area contributed by atoms with E-state index < -0.39 is 10.0 Å². The molecule has 0 aliphatic rings. The van der Waals surface area contributed by atoms with Crippen molar-refractivity contribution in [3.8, 4) is 0 Å². The van der Waals surface area contributed by atoms with Crippen molar-refractivity contribution in [3.05, 3.63) is 29.8 Å². The van der Waals surface area contributed by atoms with Crippen LogP contribution in [0.4, 0.5) is 0 Å². The summed E-state index contributed by atoms with van der Waals surface area (Å²) in [6, 6.07) is 6.23. The molecule has 5 heteroatoms. The number of unbranched alkanes of at least 4 members (excludes halogenated alkanes) is 1. The molecule has 0 bridgehead atoms. The molecule has 1 aromatic rings. The Balaban J connectivity index is 3.11. The van der Waals surface area contributed by atoms with E-state index in [1.165, 1.54) is 23.4 Å². The minimum Gasteiger partial charge on any atom is -0.295 e. The maximum Gasteiger partial charge on any atom is 0.243 e. The van der Waals surface area contributed by atoms with Gasteiger partial charge in [-0.25, -0.2) is 8.42 Å². The number of ketones is 1. The number of carbonyl (C=O) groups is 1. The van der Waals surface area contributed by atoms with Gasteiger partial charge >= 0.3 is 0 Å². The molecule has 0 fully saturated rings. The third kappa shape index (κ3) is 3.88. The number of sulfonamides is 1. The van der Waals surface area contributed by atoms with Crippen molar-refractivity contribution in [2.45, 2.75) is 38.5 Å². The quantitative estimate of drug-likeness (QED) is 0.723. The van der Waals surface area contributed by atoms with E-state index in [1.807, 2.05) is 13.8 Å². The molecule has 0 aromatic heterocycles. The highest BCUT2D eigenvalue weighted by Crippen LogP contribution is 2.18. The lowest BCUT2D eigenvalue weighted by molar-refractivity contribution is 0.101. The van der Waals surface area contributed by atoms with Crippen LogP contribution in [0.1, 0.15) is 44.0 Å². The molecule has 0 unspecified atom stereocenters. The standard InChI is InChI=1S/C14H21NO3S/c1-4-6-10-15(5-2)19(17,18)14-9-7-8-13(11-14)12(3)16/h7-9,11H,4-6,10H2,1-3H3. The number of hydrogen-bond acceptors (Lipinski definition) is 3. The van der Waals surface area contributed by atoms with Crippen molar-refractivity contribution in [1.29, 1.82) is 0 Å². The van der Waals surface area contributed by atoms with Crippen molar-refractivity contribution in [1.82, 2.24) is 4.31 Å². The monoisotopic (exact) mass is 283 g/mol. The van der Waals surface area contributed by atoms with Gasteiger partial charge in [0.05, 0.1) is 4.90 Å². The van der Waals surface area contributed by atoms with Crippen LogP contribution in [-0.4, -0.2) is 31.6 Å². The maximum absolute atomic E-state index is 12.5. The molecule has 0 heterocycles. The van der Waals surface area contributed by atoms with Gasteiger partial charge in [-0.3, -0.25) is 4.79 Å². The van der Waals surface area contributed by atoms with E-state index in [4.69, 9.17) is 0 Å². The smallest absolute Gasteiger partial charge is 0.243 e. The van der Waals surface area contributed by atoms with Gasteiger partial charge in [0.1, 0.15) is 0 Å². The molecular weight excluding hydrogens is 262 g/mol. The first-order chi connectivity index (χ1) is 8.93. The predicted molar refractivity (Wildman–Crippen MR) is 75.8 cm³/mol. The summed E-state index contributed by atoms with van der Waals surface area (Å²) in [4.78, 5) is 11.5. The Hall–Kier alpha value is -1.20. The fraction of sp³-hybridized carbons (Fsp3) is 0.500. The zero-order valence-corrected chi connectivity index (χ0v) is 12.5. The summed E-state index contributed by atoms with van der Waals surface area (Å²) in [7, 11) is -3.50. The summed E-state index contributed by atoms with van der Waals surface area (Å²) >= 11 is 0. The topological polar surface area (TPSA) is 54.5 Å². The van der Waals surface area contributed by atoms with Crippen molar-refractivity contribution in [3.63, 3.8) is 0 Å². The Labute approximate surface area is 115 Å². The minimum atomic E-state index is -3.50. The minimum absolute atomic E-state index is 0.131. The number of hydrogen-bond donors (Lipinski definition) is 0. The van der Waals surface area contributed by atoms with Crippen LogP contribution in [0.2, 0.25) is 0 Å². The SMILES string of the molecule is CCCCN(CC)S(=O)(=O)c1cccc(C(C)=O)c1. The molecule has 0 saturated carbocycles. The highest BCUT2D eigenvalue weighted by molar-refractivity contribution is 7.89. The van der Waals surface area contributed by atoms with Gasteiger partial charge < -0.3 is 0 Å². The second-order valence-corrected chi connectivity index (χ2v) is 6.37. The fourth-order valence-electron chi connectivity index (χ4n) is 1.81. The number of nitrogens with zero attached hydrogens (tertiary/aromatic N) is 1. The van der Waals surface area contributed by atoms with E-state index in [-0.39, 0.29) is 10.7 Å². The molecule has 0 N–H and O–H groups in total. The van der Waals surface area contributed by atoms with Gasteiger partial charge in [0.25, 0.3) is 0 Å². The summed E-state index contributed by atoms with van der Waals surface area (Å²) in [5.41, 5.74) is 0.424. The first-order valence-electron chi connectivity index (χ1n) is 6.54. The largest absolute Gasteiger partial charge is 0.295 e. The fourth-order valence-corrected chi connectivity index (χ4v) is 3.34. The Bertz CT molecular complexity index is 537. The van der Waals surface area contributed by atoms with E-state index in [2.05, 4.69) is 0 Å². The molecule has 106 valence electrons. The Morgan fingerprint density at radius 1 is 1.26 bits per heavy atom. The number of carbonyl (C=O) groups excluding carboxylic acids is 1. The van der Waals surface area contributed by atoms with Gasteiger partial charge in [0.15, 0.2) is 5.78 Å². The van der Waals surface area contributed by atoms with E-state index in [0.29, 0.717) is 18.7 Å². The molecule has 0 spiro atoms. The van der Waals surface area contributed by atoms with Gasteiger partial charge in [-0.05, 0) is 25.5 Å². The molecule has 0 aliphatic carbocycles. The average molecular weight is 283 g/mol. The highest BCUT2D eigenvalue weighted by Gasteiger charge is 2.22. The Morgan fingerprint density at radius 3 is 2.47 bits per heavy atom. The molecule has 19 heavy (non-hydrogen) atoms. The van der Waals surface area contributed by atoms with Crippen molar-refractivity contribution in [2.75, 3.05) is 13.1 Å². The summed E-state index contributed by atoms with van der Waals surface area (Å²) in [5, 5.41) is 0. The van der Waals surface area contributed by atoms with Gasteiger partial charge in [0.2, 0.25) is 10.0 Å². The number of benzene rings is 1. The van der Waals surface area contributed by atoms with Crippen LogP contribution in [0.3, 0.4) is 0 Å². The van der Waals surface area contributed by atoms with Crippen molar-refractivity contribution in [2.24, 2.45) is 0 Å². The van der Waals surface area contributed by atoms with Crippen LogP contribution in [-0.2, 0) is 10.0 Å². The normalized spacial score (nSPS) is 11.8. The molecular formula is C14H21NO3S. The van der Waals surface area contributed by atoms with Gasteiger partial charge in [-0.2, -0.15) is 4.31 Å². The molecule has 0 atom stereocenters. The number of rotatable bonds is 7. The van der Waals surface area contributed by atoms with Crippen LogP contribution in [0.5, 0.6) is 0 Å². The Kier molecular flexibility index (Phi) is 5.69. The Morgan fingerprint density at radius 2 is 1.95 bits per heavy atom. The summed E-state index contributed by atoms with van der Waals surface area (Å²) < 4.78 is 26.4. The zero-order valence-electron chi connectivity index (χ0n) is 11.7. The second kappa shape index (κ2) is 6.82. The van der Waals surface area contributed by atoms with Gasteiger partial charge in [-0.1, -0.05) is 32.4 Å². The summed E-state index contributed by atoms with van der Waals surface area (Å²) in [6.07, 6.45) is 1.78. The van der Waals surface area contributed by atoms with Gasteiger partial charge in [0, 0.05) is 18.7 Å². The molecule has 1 aromatic carbocycles. The van der Waals surface area contributed by atoms with Crippen LogP contribution in [0.25, 0.3) is 0 Å². The van der Waals surface area contributed by atoms with E-state index in [0.717, 1.165) is 12.8 Å². The summed E-state index contributed by atoms with van der Waals surface area (Å²) in [5.74, 6) is -0.131. The molecule has 1 rings (SSSR count). The molecule has 0 saturated heterocycles. The third-order valence-electron chi connectivity index (χ3n) is 2.99. The third-order valence-corrected chi connectivity index (χ3v) is 4.96. The first-order valence-corrected chi connectivity index (χ1v) is 7.98. The molecule has 0 aliphatic heterocycles. The van der Waals surface area contributed by atoms with Crippen LogP contribution in [0, 0.1) is 0 Å². The molecule has 0 radical (unpaired) electrons. The van der Waals surface area contributed by atoms with Crippen LogP contribution >= 0.6 is 0 Å².